The van der Waals surface area contributed by atoms with E-state index in [4.69, 9.17) is 0 Å². The number of rotatable bonds is 16. The molecule has 1 heterocycles. The highest BCUT2D eigenvalue weighted by Gasteiger charge is 2.17. The van der Waals surface area contributed by atoms with Crippen LogP contribution in [0.15, 0.2) is 78.9 Å². The zero-order chi connectivity index (χ0) is 28.4. The SMILES string of the molecule is CCCCCCCCC(O)CCCCCCC(C)c1ccc2ccccc2c1-c1ccc2sc3ccccc3c2c1. The minimum atomic E-state index is -0.0991. The molecule has 0 aliphatic heterocycles. The van der Waals surface area contributed by atoms with Gasteiger partial charge in [0.1, 0.15) is 0 Å². The summed E-state index contributed by atoms with van der Waals surface area (Å²) in [6.07, 6.45) is 15.7. The summed E-state index contributed by atoms with van der Waals surface area (Å²) >= 11 is 1.89. The molecule has 216 valence electrons. The van der Waals surface area contributed by atoms with Crippen molar-refractivity contribution in [3.63, 3.8) is 0 Å². The summed E-state index contributed by atoms with van der Waals surface area (Å²) in [5.74, 6) is 0.503. The van der Waals surface area contributed by atoms with E-state index in [1.807, 2.05) is 11.3 Å². The molecule has 0 saturated heterocycles. The van der Waals surface area contributed by atoms with Gasteiger partial charge in [0, 0.05) is 20.2 Å². The van der Waals surface area contributed by atoms with Gasteiger partial charge in [-0.25, -0.2) is 0 Å². The lowest BCUT2D eigenvalue weighted by atomic mass is 9.85. The van der Waals surface area contributed by atoms with Crippen molar-refractivity contribution >= 4 is 42.3 Å². The summed E-state index contributed by atoms with van der Waals surface area (Å²) in [5.41, 5.74) is 4.21. The highest BCUT2D eigenvalue weighted by atomic mass is 32.1. The molecule has 0 amide bonds. The number of thiophene rings is 1. The fourth-order valence-electron chi connectivity index (χ4n) is 6.55. The van der Waals surface area contributed by atoms with E-state index in [-0.39, 0.29) is 6.10 Å². The fourth-order valence-corrected chi connectivity index (χ4v) is 7.63. The third kappa shape index (κ3) is 7.59. The summed E-state index contributed by atoms with van der Waals surface area (Å²) < 4.78 is 2.72. The second kappa shape index (κ2) is 15.0. The molecule has 0 bridgehead atoms. The van der Waals surface area contributed by atoms with Crippen LogP contribution in [0.1, 0.15) is 109 Å². The fraction of sp³-hybridized carbons (Fsp3) is 0.436. The van der Waals surface area contributed by atoms with Gasteiger partial charge in [0.25, 0.3) is 0 Å². The second-order valence-corrected chi connectivity index (χ2v) is 13.2. The molecule has 4 aromatic carbocycles. The van der Waals surface area contributed by atoms with Crippen molar-refractivity contribution in [1.29, 1.82) is 0 Å². The van der Waals surface area contributed by atoms with Crippen LogP contribution in [0, 0.1) is 0 Å². The molecule has 2 unspecified atom stereocenters. The highest BCUT2D eigenvalue weighted by Crippen LogP contribution is 2.41. The molecule has 1 nitrogen and oxygen atoms in total. The smallest absolute Gasteiger partial charge is 0.0540 e. The maximum Gasteiger partial charge on any atom is 0.0540 e. The molecule has 2 atom stereocenters. The highest BCUT2D eigenvalue weighted by molar-refractivity contribution is 7.25. The van der Waals surface area contributed by atoms with E-state index in [2.05, 4.69) is 92.7 Å². The van der Waals surface area contributed by atoms with E-state index in [9.17, 15) is 5.11 Å². The third-order valence-electron chi connectivity index (χ3n) is 8.97. The molecule has 2 heteroatoms. The average molecular weight is 565 g/mol. The van der Waals surface area contributed by atoms with Crippen LogP contribution in [0.4, 0.5) is 0 Å². The number of aliphatic hydroxyl groups excluding tert-OH is 1. The number of hydrogen-bond acceptors (Lipinski definition) is 2. The maximum absolute atomic E-state index is 10.4. The van der Waals surface area contributed by atoms with E-state index >= 15 is 0 Å². The monoisotopic (exact) mass is 564 g/mol. The Hall–Kier alpha value is -2.68. The van der Waals surface area contributed by atoms with E-state index < -0.39 is 0 Å². The van der Waals surface area contributed by atoms with Gasteiger partial charge in [0.15, 0.2) is 0 Å². The zero-order valence-electron chi connectivity index (χ0n) is 25.2. The molecule has 5 rings (SSSR count). The first kappa shape index (κ1) is 29.8. The average Bonchev–Trinajstić information content (AvgIpc) is 3.38. The Bertz CT molecular complexity index is 1530. The van der Waals surface area contributed by atoms with Gasteiger partial charge in [-0.2, -0.15) is 0 Å². The number of benzene rings is 4. The van der Waals surface area contributed by atoms with Gasteiger partial charge in [-0.05, 0) is 70.8 Å². The summed E-state index contributed by atoms with van der Waals surface area (Å²) in [6, 6.07) is 29.5. The standard InChI is InChI=1S/C39H48OS/c1-3-4-5-6-7-11-19-32(40)20-12-9-8-10-17-29(2)33-26-24-30-18-13-14-21-34(30)39(33)31-25-27-38-36(28-31)35-22-15-16-23-37(35)41-38/h13-16,18,21-29,32,40H,3-12,17,19-20H2,1-2H3. The number of aliphatic hydroxyl groups is 1. The molecular weight excluding hydrogens is 516 g/mol. The van der Waals surface area contributed by atoms with Crippen LogP contribution in [0.2, 0.25) is 0 Å². The molecule has 5 aromatic rings. The van der Waals surface area contributed by atoms with Crippen LogP contribution in [-0.4, -0.2) is 11.2 Å². The lowest BCUT2D eigenvalue weighted by Gasteiger charge is -2.19. The normalized spacial score (nSPS) is 13.3. The lowest BCUT2D eigenvalue weighted by molar-refractivity contribution is 0.147. The Morgan fingerprint density at radius 3 is 2.02 bits per heavy atom. The molecule has 0 aliphatic rings. The second-order valence-electron chi connectivity index (χ2n) is 12.2. The topological polar surface area (TPSA) is 20.2 Å². The van der Waals surface area contributed by atoms with Gasteiger partial charge >= 0.3 is 0 Å². The minimum absolute atomic E-state index is 0.0991. The zero-order valence-corrected chi connectivity index (χ0v) is 26.0. The number of hydrogen-bond donors (Lipinski definition) is 1. The van der Waals surface area contributed by atoms with Crippen LogP contribution in [0.3, 0.4) is 0 Å². The Morgan fingerprint density at radius 1 is 0.610 bits per heavy atom. The van der Waals surface area contributed by atoms with E-state index in [1.54, 1.807) is 0 Å². The van der Waals surface area contributed by atoms with Crippen LogP contribution in [0.25, 0.3) is 42.1 Å². The van der Waals surface area contributed by atoms with Gasteiger partial charge < -0.3 is 5.11 Å². The molecular formula is C39H48OS. The van der Waals surface area contributed by atoms with Crippen molar-refractivity contribution in [3.05, 3.63) is 84.4 Å². The Kier molecular flexibility index (Phi) is 10.9. The van der Waals surface area contributed by atoms with Crippen molar-refractivity contribution < 1.29 is 5.11 Å². The molecule has 0 radical (unpaired) electrons. The first-order chi connectivity index (χ1) is 20.2. The minimum Gasteiger partial charge on any atom is -0.393 e. The number of fused-ring (bicyclic) bond motifs is 4. The van der Waals surface area contributed by atoms with Crippen molar-refractivity contribution in [2.45, 2.75) is 109 Å². The predicted octanol–water partition coefficient (Wildman–Crippen LogP) is 12.4. The van der Waals surface area contributed by atoms with Crippen LogP contribution in [-0.2, 0) is 0 Å². The Balaban J connectivity index is 1.21. The maximum atomic E-state index is 10.4. The van der Waals surface area contributed by atoms with E-state index in [1.165, 1.54) is 112 Å². The molecule has 41 heavy (non-hydrogen) atoms. The largest absolute Gasteiger partial charge is 0.393 e. The van der Waals surface area contributed by atoms with Gasteiger partial charge in [0.05, 0.1) is 6.10 Å². The van der Waals surface area contributed by atoms with E-state index in [0.29, 0.717) is 5.92 Å². The molecule has 1 N–H and O–H groups in total. The van der Waals surface area contributed by atoms with Gasteiger partial charge in [0.2, 0.25) is 0 Å². The molecule has 0 spiro atoms. The summed E-state index contributed by atoms with van der Waals surface area (Å²) in [5, 5.41) is 15.8. The van der Waals surface area contributed by atoms with Crippen molar-refractivity contribution in [2.75, 3.05) is 0 Å². The van der Waals surface area contributed by atoms with Crippen LogP contribution >= 0.6 is 11.3 Å². The lowest BCUT2D eigenvalue weighted by Crippen LogP contribution is -2.06. The van der Waals surface area contributed by atoms with Crippen molar-refractivity contribution in [2.24, 2.45) is 0 Å². The van der Waals surface area contributed by atoms with Crippen molar-refractivity contribution in [3.8, 4) is 11.1 Å². The summed E-state index contributed by atoms with van der Waals surface area (Å²) in [6.45, 7) is 4.68. The van der Waals surface area contributed by atoms with E-state index in [0.717, 1.165) is 19.3 Å². The summed E-state index contributed by atoms with van der Waals surface area (Å²) in [7, 11) is 0. The van der Waals surface area contributed by atoms with Crippen LogP contribution in [0.5, 0.6) is 0 Å². The quantitative estimate of drug-likeness (QED) is 0.118. The predicted molar refractivity (Wildman–Crippen MR) is 182 cm³/mol. The van der Waals surface area contributed by atoms with Crippen molar-refractivity contribution in [1.82, 2.24) is 0 Å². The Labute approximate surface area is 251 Å². The molecule has 1 aromatic heterocycles. The molecule has 0 fully saturated rings. The van der Waals surface area contributed by atoms with Gasteiger partial charge in [-0.3, -0.25) is 0 Å². The summed E-state index contributed by atoms with van der Waals surface area (Å²) in [4.78, 5) is 0. The molecule has 0 saturated carbocycles. The molecule has 0 aliphatic carbocycles. The van der Waals surface area contributed by atoms with Gasteiger partial charge in [-0.1, -0.05) is 139 Å². The van der Waals surface area contributed by atoms with Gasteiger partial charge in [-0.15, -0.1) is 11.3 Å². The number of unbranched alkanes of at least 4 members (excludes halogenated alkanes) is 8. The third-order valence-corrected chi connectivity index (χ3v) is 10.1. The van der Waals surface area contributed by atoms with Crippen LogP contribution < -0.4 is 0 Å². The first-order valence-corrected chi connectivity index (χ1v) is 17.1. The first-order valence-electron chi connectivity index (χ1n) is 16.3. The Morgan fingerprint density at radius 2 is 1.24 bits per heavy atom.